The summed E-state index contributed by atoms with van der Waals surface area (Å²) in [5.74, 6) is -2.40. The zero-order chi connectivity index (χ0) is 10.7. The van der Waals surface area contributed by atoms with Crippen molar-refractivity contribution in [3.05, 3.63) is 35.4 Å². The number of carbonyl (C=O) groups is 2. The second kappa shape index (κ2) is 4.05. The molecule has 1 aromatic rings. The van der Waals surface area contributed by atoms with E-state index in [0.29, 0.717) is 5.56 Å². The largest absolute Gasteiger partial charge is 0.481 e. The highest BCUT2D eigenvalue weighted by molar-refractivity contribution is 6.08. The molecule has 0 spiro atoms. The van der Waals surface area contributed by atoms with Gasteiger partial charge in [0.2, 0.25) is 0 Å². The van der Waals surface area contributed by atoms with E-state index in [-0.39, 0.29) is 5.78 Å². The minimum Gasteiger partial charge on any atom is -0.481 e. The molecule has 0 fully saturated rings. The van der Waals surface area contributed by atoms with Crippen molar-refractivity contribution < 1.29 is 14.7 Å². The lowest BCUT2D eigenvalue weighted by Crippen LogP contribution is -2.21. The summed E-state index contributed by atoms with van der Waals surface area (Å²) in [4.78, 5) is 22.2. The summed E-state index contributed by atoms with van der Waals surface area (Å²) < 4.78 is 0. The highest BCUT2D eigenvalue weighted by Crippen LogP contribution is 2.13. The maximum atomic E-state index is 11.6. The molecular formula is C11H12O3. The lowest BCUT2D eigenvalue weighted by Gasteiger charge is -2.07. The lowest BCUT2D eigenvalue weighted by molar-refractivity contribution is -0.139. The number of carboxylic acids is 1. The van der Waals surface area contributed by atoms with Crippen molar-refractivity contribution in [1.29, 1.82) is 0 Å². The summed E-state index contributed by atoms with van der Waals surface area (Å²) in [5.41, 5.74) is 1.30. The van der Waals surface area contributed by atoms with Gasteiger partial charge in [-0.15, -0.1) is 0 Å². The summed E-state index contributed by atoms with van der Waals surface area (Å²) in [6.07, 6.45) is 0. The molecule has 0 aliphatic heterocycles. The van der Waals surface area contributed by atoms with Crippen LogP contribution in [0.4, 0.5) is 0 Å². The van der Waals surface area contributed by atoms with Gasteiger partial charge in [-0.3, -0.25) is 9.59 Å². The number of aryl methyl sites for hydroxylation is 1. The standard InChI is InChI=1S/C11H12O3/c1-7-5-3-4-6-9(7)10(12)8(2)11(13)14/h3-6,8H,1-2H3,(H,13,14). The van der Waals surface area contributed by atoms with Crippen LogP contribution < -0.4 is 0 Å². The molecule has 74 valence electrons. The second-order valence-electron chi connectivity index (χ2n) is 3.24. The van der Waals surface area contributed by atoms with Crippen molar-refractivity contribution in [2.24, 2.45) is 5.92 Å². The maximum absolute atomic E-state index is 11.6. The molecule has 0 aliphatic carbocycles. The molecule has 0 bridgehead atoms. The molecule has 1 unspecified atom stereocenters. The third kappa shape index (κ3) is 1.99. The third-order valence-corrected chi connectivity index (χ3v) is 2.17. The molecule has 0 radical (unpaired) electrons. The first-order valence-corrected chi connectivity index (χ1v) is 4.36. The van der Waals surface area contributed by atoms with Crippen molar-refractivity contribution >= 4 is 11.8 Å². The normalized spacial score (nSPS) is 12.1. The summed E-state index contributed by atoms with van der Waals surface area (Å²) in [5, 5.41) is 8.68. The second-order valence-corrected chi connectivity index (χ2v) is 3.24. The van der Waals surface area contributed by atoms with Crippen LogP contribution in [0.25, 0.3) is 0 Å². The molecule has 0 amide bonds. The Kier molecular flexibility index (Phi) is 3.02. The first-order valence-electron chi connectivity index (χ1n) is 4.36. The number of benzene rings is 1. The molecule has 0 aliphatic rings. The van der Waals surface area contributed by atoms with Crippen LogP contribution in [-0.2, 0) is 4.79 Å². The van der Waals surface area contributed by atoms with E-state index in [9.17, 15) is 9.59 Å². The Balaban J connectivity index is 3.01. The minimum atomic E-state index is -1.08. The Hall–Kier alpha value is -1.64. The van der Waals surface area contributed by atoms with Crippen molar-refractivity contribution in [3.8, 4) is 0 Å². The number of aliphatic carboxylic acids is 1. The van der Waals surface area contributed by atoms with Gasteiger partial charge >= 0.3 is 5.97 Å². The highest BCUT2D eigenvalue weighted by atomic mass is 16.4. The van der Waals surface area contributed by atoms with Crippen LogP contribution in [0, 0.1) is 12.8 Å². The van der Waals surface area contributed by atoms with Crippen molar-refractivity contribution in [2.45, 2.75) is 13.8 Å². The van der Waals surface area contributed by atoms with E-state index in [4.69, 9.17) is 5.11 Å². The molecule has 0 saturated heterocycles. The predicted octanol–water partition coefficient (Wildman–Crippen LogP) is 1.90. The van der Waals surface area contributed by atoms with Crippen LogP contribution in [0.2, 0.25) is 0 Å². The molecule has 3 nitrogen and oxygen atoms in total. The number of carbonyl (C=O) groups excluding carboxylic acids is 1. The average Bonchev–Trinajstić information content (AvgIpc) is 2.16. The molecule has 14 heavy (non-hydrogen) atoms. The van der Waals surface area contributed by atoms with Crippen LogP contribution in [0.15, 0.2) is 24.3 Å². The van der Waals surface area contributed by atoms with Gasteiger partial charge in [0.25, 0.3) is 0 Å². The maximum Gasteiger partial charge on any atom is 0.314 e. The van der Waals surface area contributed by atoms with Crippen molar-refractivity contribution in [1.82, 2.24) is 0 Å². The van der Waals surface area contributed by atoms with Gasteiger partial charge < -0.3 is 5.11 Å². The van der Waals surface area contributed by atoms with Crippen molar-refractivity contribution in [2.75, 3.05) is 0 Å². The molecular weight excluding hydrogens is 180 g/mol. The van der Waals surface area contributed by atoms with Gasteiger partial charge in [-0.1, -0.05) is 24.3 Å². The van der Waals surface area contributed by atoms with E-state index in [1.54, 1.807) is 25.1 Å². The van der Waals surface area contributed by atoms with E-state index in [0.717, 1.165) is 5.56 Å². The number of hydrogen-bond acceptors (Lipinski definition) is 2. The van der Waals surface area contributed by atoms with Crippen LogP contribution >= 0.6 is 0 Å². The highest BCUT2D eigenvalue weighted by Gasteiger charge is 2.22. The van der Waals surface area contributed by atoms with Gasteiger partial charge in [0.1, 0.15) is 5.92 Å². The summed E-state index contributed by atoms with van der Waals surface area (Å²) in [7, 11) is 0. The number of carboxylic acid groups (broad SMARTS) is 1. The van der Waals surface area contributed by atoms with E-state index < -0.39 is 11.9 Å². The van der Waals surface area contributed by atoms with Crippen molar-refractivity contribution in [3.63, 3.8) is 0 Å². The Bertz CT molecular complexity index is 369. The Morgan fingerprint density at radius 3 is 2.36 bits per heavy atom. The topological polar surface area (TPSA) is 54.4 Å². The number of ketones is 1. The van der Waals surface area contributed by atoms with Gasteiger partial charge in [0.05, 0.1) is 0 Å². The third-order valence-electron chi connectivity index (χ3n) is 2.17. The predicted molar refractivity (Wildman–Crippen MR) is 52.3 cm³/mol. The van der Waals surface area contributed by atoms with Gasteiger partial charge in [-0.05, 0) is 19.4 Å². The van der Waals surface area contributed by atoms with Crippen LogP contribution in [0.1, 0.15) is 22.8 Å². The first kappa shape index (κ1) is 10.4. The van der Waals surface area contributed by atoms with E-state index >= 15 is 0 Å². The average molecular weight is 192 g/mol. The number of rotatable bonds is 3. The van der Waals surface area contributed by atoms with Gasteiger partial charge in [-0.2, -0.15) is 0 Å². The molecule has 1 N–H and O–H groups in total. The Morgan fingerprint density at radius 1 is 1.29 bits per heavy atom. The van der Waals surface area contributed by atoms with E-state index in [2.05, 4.69) is 0 Å². The summed E-state index contributed by atoms with van der Waals surface area (Å²) in [6, 6.07) is 6.99. The van der Waals surface area contributed by atoms with Crippen LogP contribution in [0.5, 0.6) is 0 Å². The smallest absolute Gasteiger partial charge is 0.314 e. The van der Waals surface area contributed by atoms with Crippen LogP contribution in [-0.4, -0.2) is 16.9 Å². The molecule has 1 rings (SSSR count). The van der Waals surface area contributed by atoms with E-state index in [1.165, 1.54) is 6.92 Å². The Labute approximate surface area is 82.4 Å². The molecule has 0 saturated carbocycles. The fraction of sp³-hybridized carbons (Fsp3) is 0.273. The van der Waals surface area contributed by atoms with Gasteiger partial charge in [0, 0.05) is 5.56 Å². The zero-order valence-corrected chi connectivity index (χ0v) is 8.15. The summed E-state index contributed by atoms with van der Waals surface area (Å²) >= 11 is 0. The lowest BCUT2D eigenvalue weighted by atomic mass is 9.96. The van der Waals surface area contributed by atoms with Gasteiger partial charge in [-0.25, -0.2) is 0 Å². The number of Topliss-reactive ketones (excluding diaryl/α,β-unsaturated/α-hetero) is 1. The molecule has 1 atom stereocenters. The van der Waals surface area contributed by atoms with Crippen LogP contribution in [0.3, 0.4) is 0 Å². The fourth-order valence-electron chi connectivity index (χ4n) is 1.19. The van der Waals surface area contributed by atoms with Gasteiger partial charge in [0.15, 0.2) is 5.78 Å². The monoisotopic (exact) mass is 192 g/mol. The quantitative estimate of drug-likeness (QED) is 0.587. The molecule has 0 heterocycles. The molecule has 3 heteroatoms. The number of hydrogen-bond donors (Lipinski definition) is 1. The first-order chi connectivity index (χ1) is 6.54. The fourth-order valence-corrected chi connectivity index (χ4v) is 1.19. The molecule has 0 aromatic heterocycles. The SMILES string of the molecule is Cc1ccccc1C(=O)C(C)C(=O)O. The summed E-state index contributed by atoms with van der Waals surface area (Å²) in [6.45, 7) is 3.19. The molecule has 1 aromatic carbocycles. The van der Waals surface area contributed by atoms with E-state index in [1.807, 2.05) is 6.07 Å². The zero-order valence-electron chi connectivity index (χ0n) is 8.15. The Morgan fingerprint density at radius 2 is 1.86 bits per heavy atom. The minimum absolute atomic E-state index is 0.337.